The molecular formula is C73H109N23O12. The Hall–Kier alpha value is -10.7. The Balaban J connectivity index is 1.86. The second kappa shape index (κ2) is 56.6. The van der Waals surface area contributed by atoms with Crippen LogP contribution in [0.1, 0.15) is 248 Å². The molecule has 0 aromatic heterocycles. The first-order valence-corrected chi connectivity index (χ1v) is 37.9. The summed E-state index contributed by atoms with van der Waals surface area (Å²) in [5, 5.41) is 37.2. The van der Waals surface area contributed by atoms with Crippen molar-refractivity contribution in [2.45, 2.75) is 238 Å². The van der Waals surface area contributed by atoms with Crippen molar-refractivity contribution in [3.63, 3.8) is 0 Å². The van der Waals surface area contributed by atoms with Gasteiger partial charge in [-0.1, -0.05) is 108 Å². The lowest BCUT2D eigenvalue weighted by Crippen LogP contribution is -2.53. The van der Waals surface area contributed by atoms with Gasteiger partial charge in [-0.25, -0.2) is 0 Å². The highest BCUT2D eigenvalue weighted by Crippen LogP contribution is 2.37. The molecule has 1 aliphatic rings. The summed E-state index contributed by atoms with van der Waals surface area (Å²) in [6.45, 7) is 7.99. The smallest absolute Gasteiger partial charge is 0.251 e. The summed E-state index contributed by atoms with van der Waals surface area (Å²) in [5.41, 5.74) is 54.7. The highest BCUT2D eigenvalue weighted by molar-refractivity contribution is 5.97. The normalized spacial score (nSPS) is 13.3. The van der Waals surface area contributed by atoms with E-state index >= 15 is 14.4 Å². The van der Waals surface area contributed by atoms with Gasteiger partial charge in [0.1, 0.15) is 40.3 Å². The minimum absolute atomic E-state index is 0.0122. The SMILES string of the molecule is CC(=O)CCc1c(OCCCCCCN=[N+]=[N-])cc(C(=O)NC2C[C@@H](NC(=O)c3cc(OCCCCCCN=[N+]=[N-])c(CNC(C)=O)c(OCCCCCCN=[N+]=[N-])c3)C[C@@H](NC(=O)c3cc(OCCCCCCN=[N+]=[N-])c(CNC(C)=O)c(OCCCCCCN=[N+]=[N-])c3)C2)cc1OCCCCCCN=[N+]=[N-]. The molecule has 588 valence electrons. The van der Waals surface area contributed by atoms with Gasteiger partial charge in [0, 0.05) is 129 Å². The van der Waals surface area contributed by atoms with Gasteiger partial charge in [0.05, 0.1) is 63.9 Å². The Morgan fingerprint density at radius 3 is 0.750 bits per heavy atom. The predicted octanol–water partition coefficient (Wildman–Crippen LogP) is 16.9. The molecular weight excluding hydrogens is 1390 g/mol. The van der Waals surface area contributed by atoms with E-state index in [9.17, 15) is 14.4 Å². The van der Waals surface area contributed by atoms with E-state index < -0.39 is 35.8 Å². The Kier molecular flexibility index (Phi) is 47.1. The van der Waals surface area contributed by atoms with Gasteiger partial charge in [-0.15, -0.1) is 0 Å². The molecule has 1 saturated carbocycles. The zero-order valence-electron chi connectivity index (χ0n) is 63.1. The van der Waals surface area contributed by atoms with E-state index in [2.05, 4.69) is 86.7 Å². The minimum atomic E-state index is -0.716. The lowest BCUT2D eigenvalue weighted by Gasteiger charge is -2.36. The Morgan fingerprint density at radius 2 is 0.546 bits per heavy atom. The number of amides is 5. The van der Waals surface area contributed by atoms with E-state index in [1.165, 1.54) is 20.8 Å². The molecule has 1 aliphatic carbocycles. The molecule has 0 aliphatic heterocycles. The molecule has 3 aromatic carbocycles. The van der Waals surface area contributed by atoms with Gasteiger partial charge in [0.15, 0.2) is 0 Å². The topological polar surface area (TPSA) is 511 Å². The lowest BCUT2D eigenvalue weighted by molar-refractivity contribution is -0.120. The number of ketones is 1. The third kappa shape index (κ3) is 38.6. The second-order valence-corrected chi connectivity index (χ2v) is 26.4. The summed E-state index contributed by atoms with van der Waals surface area (Å²) in [6, 6.07) is 7.53. The number of hydrogen-bond acceptors (Lipinski definition) is 18. The van der Waals surface area contributed by atoms with Crippen molar-refractivity contribution in [2.75, 3.05) is 78.9 Å². The summed E-state index contributed by atoms with van der Waals surface area (Å²) < 4.78 is 38.8. The van der Waals surface area contributed by atoms with Crippen LogP contribution in [0.5, 0.6) is 34.5 Å². The Bertz CT molecular complexity index is 3070. The van der Waals surface area contributed by atoms with Crippen molar-refractivity contribution in [2.24, 2.45) is 30.7 Å². The fraction of sp³-hybridized carbons (Fsp3) is 0.671. The van der Waals surface area contributed by atoms with Gasteiger partial charge in [-0.2, -0.15) is 0 Å². The van der Waals surface area contributed by atoms with E-state index in [-0.39, 0.29) is 119 Å². The average Bonchev–Trinajstić information content (AvgIpc) is 0.816. The van der Waals surface area contributed by atoms with Gasteiger partial charge in [-0.05, 0) is 179 Å². The molecule has 0 spiro atoms. The predicted molar refractivity (Wildman–Crippen MR) is 409 cm³/mol. The number of rotatable bonds is 61. The summed E-state index contributed by atoms with van der Waals surface area (Å²) in [7, 11) is 0. The first kappa shape index (κ1) is 89.7. The molecule has 5 N–H and O–H groups in total. The van der Waals surface area contributed by atoms with Crippen LogP contribution in [0.3, 0.4) is 0 Å². The molecule has 108 heavy (non-hydrogen) atoms. The van der Waals surface area contributed by atoms with Gasteiger partial charge >= 0.3 is 0 Å². The number of unbranched alkanes of at least 4 members (excludes halogenated alkanes) is 18. The number of hydrogen-bond donors (Lipinski definition) is 5. The molecule has 0 saturated heterocycles. The van der Waals surface area contributed by atoms with E-state index in [1.54, 1.807) is 36.4 Å². The number of carbonyl (C=O) groups is 6. The van der Waals surface area contributed by atoms with Crippen molar-refractivity contribution in [1.29, 1.82) is 0 Å². The van der Waals surface area contributed by atoms with Crippen LogP contribution in [0.4, 0.5) is 0 Å². The number of azide groups is 6. The zero-order chi connectivity index (χ0) is 78.0. The van der Waals surface area contributed by atoms with E-state index in [0.29, 0.717) is 168 Å². The molecule has 4 rings (SSSR count). The number of ether oxygens (including phenoxy) is 6. The maximum absolute atomic E-state index is 15.2. The fourth-order valence-electron chi connectivity index (χ4n) is 12.0. The first-order chi connectivity index (χ1) is 52.6. The minimum Gasteiger partial charge on any atom is -0.493 e. The van der Waals surface area contributed by atoms with Crippen LogP contribution in [0.15, 0.2) is 67.1 Å². The highest BCUT2D eigenvalue weighted by Gasteiger charge is 2.34. The fourth-order valence-corrected chi connectivity index (χ4v) is 12.0. The Labute approximate surface area is 631 Å². The standard InChI is InChI=1S/C73H109N23O12/c1-53(97)28-29-62-65(103-36-22-10-4-16-30-82-91-74)42-56(43-66(62)104-37-23-11-5-17-31-83-92-75)71(100)88-59-48-60(89-72(101)57-44-67(105-38-24-12-6-18-32-84-93-76)63(51-80-54(2)98)68(45-57)106-39-25-13-7-19-33-85-94-77)50-61(49-59)90-73(102)58-46-69(107-40-26-14-8-20-34-86-95-78)64(52-81-55(3)99)70(47-58)108-41-27-15-9-21-35-87-96-79/h42-47,59-61H,4-41,48-52H2,1-3H3,(H,80,98)(H,81,99)(H,88,100)(H,89,101)(H,90,102)/t59?,60-,61+. The molecule has 3 aromatic rings. The molecule has 0 radical (unpaired) electrons. The largest absolute Gasteiger partial charge is 0.493 e. The van der Waals surface area contributed by atoms with Gasteiger partial charge in [0.25, 0.3) is 17.7 Å². The molecule has 35 nitrogen and oxygen atoms in total. The number of benzene rings is 3. The first-order valence-electron chi connectivity index (χ1n) is 37.9. The Morgan fingerprint density at radius 1 is 0.333 bits per heavy atom. The molecule has 1 fully saturated rings. The molecule has 0 bridgehead atoms. The molecule has 0 heterocycles. The van der Waals surface area contributed by atoms with E-state index in [0.717, 1.165) is 77.0 Å². The van der Waals surface area contributed by atoms with Crippen molar-refractivity contribution < 1.29 is 57.2 Å². The van der Waals surface area contributed by atoms with Crippen LogP contribution in [-0.4, -0.2) is 132 Å². The molecule has 1 unspecified atom stereocenters. The van der Waals surface area contributed by atoms with Crippen molar-refractivity contribution in [1.82, 2.24) is 26.6 Å². The summed E-state index contributed by atoms with van der Waals surface area (Å²) in [4.78, 5) is 100. The second-order valence-electron chi connectivity index (χ2n) is 26.4. The number of nitrogens with one attached hydrogen (secondary N) is 5. The van der Waals surface area contributed by atoms with Crippen molar-refractivity contribution in [3.05, 3.63) is 132 Å². The van der Waals surface area contributed by atoms with Crippen LogP contribution >= 0.6 is 0 Å². The zero-order valence-corrected chi connectivity index (χ0v) is 63.1. The van der Waals surface area contributed by atoms with Crippen LogP contribution in [0, 0.1) is 0 Å². The van der Waals surface area contributed by atoms with E-state index in [4.69, 9.17) is 61.6 Å². The van der Waals surface area contributed by atoms with Gasteiger partial charge in [-0.3, -0.25) is 24.0 Å². The molecule has 3 atom stereocenters. The number of nitrogens with zero attached hydrogens (tertiary/aromatic N) is 18. The third-order valence-electron chi connectivity index (χ3n) is 17.6. The molecule has 5 amide bonds. The van der Waals surface area contributed by atoms with Crippen LogP contribution in [0.2, 0.25) is 0 Å². The summed E-state index contributed by atoms with van der Waals surface area (Å²) in [5.74, 6) is -0.331. The quantitative estimate of drug-likeness (QED) is 0.0152. The third-order valence-corrected chi connectivity index (χ3v) is 17.6. The lowest BCUT2D eigenvalue weighted by atomic mass is 9.86. The maximum Gasteiger partial charge on any atom is 0.251 e. The van der Waals surface area contributed by atoms with Crippen LogP contribution < -0.4 is 55.0 Å². The van der Waals surface area contributed by atoms with Crippen LogP contribution in [0.25, 0.3) is 62.7 Å². The van der Waals surface area contributed by atoms with Gasteiger partial charge < -0.3 is 59.8 Å². The average molecular weight is 1500 g/mol. The maximum atomic E-state index is 15.2. The van der Waals surface area contributed by atoms with Crippen molar-refractivity contribution >= 4 is 35.3 Å². The van der Waals surface area contributed by atoms with Crippen LogP contribution in [-0.2, 0) is 33.9 Å². The number of Topliss-reactive ketones (excluding diaryl/α,β-unsaturated/α-hetero) is 1. The van der Waals surface area contributed by atoms with E-state index in [1.807, 2.05) is 0 Å². The summed E-state index contributed by atoms with van der Waals surface area (Å²) >= 11 is 0. The monoisotopic (exact) mass is 1500 g/mol. The summed E-state index contributed by atoms with van der Waals surface area (Å²) in [6.07, 6.45) is 18.2. The van der Waals surface area contributed by atoms with Gasteiger partial charge in [0.2, 0.25) is 11.8 Å². The van der Waals surface area contributed by atoms with Crippen molar-refractivity contribution in [3.8, 4) is 34.5 Å². The molecule has 35 heteroatoms. The number of carbonyl (C=O) groups excluding carboxylic acids is 6. The highest BCUT2D eigenvalue weighted by atomic mass is 16.5.